The van der Waals surface area contributed by atoms with Crippen molar-refractivity contribution in [3.8, 4) is 0 Å². The van der Waals surface area contributed by atoms with Crippen LogP contribution in [0.2, 0.25) is 0 Å². The van der Waals surface area contributed by atoms with Gasteiger partial charge < -0.3 is 15.5 Å². The molecule has 0 bridgehead atoms. The summed E-state index contributed by atoms with van der Waals surface area (Å²) in [6.07, 6.45) is 65.4. The number of nitrogens with one attached hydrogen (secondary N) is 1. The molecule has 0 saturated carbocycles. The molecule has 0 fully saturated rings. The second kappa shape index (κ2) is 41.0. The van der Waals surface area contributed by atoms with Gasteiger partial charge in [-0.05, 0) is 103 Å². The van der Waals surface area contributed by atoms with E-state index in [-0.39, 0.29) is 12.5 Å². The van der Waals surface area contributed by atoms with Gasteiger partial charge in [0.1, 0.15) is 0 Å². The molecular formula is C47H73NO3. The van der Waals surface area contributed by atoms with Gasteiger partial charge in [-0.15, -0.1) is 0 Å². The molecule has 0 aromatic rings. The molecular weight excluding hydrogens is 627 g/mol. The Morgan fingerprint density at radius 2 is 0.863 bits per heavy atom. The van der Waals surface area contributed by atoms with Crippen LogP contribution in [0, 0.1) is 0 Å². The third-order valence-electron chi connectivity index (χ3n) is 7.85. The molecule has 0 spiro atoms. The normalized spacial score (nSPS) is 14.5. The number of unbranched alkanes of at least 4 members (excludes halogenated alkanes) is 6. The average molecular weight is 700 g/mol. The molecule has 3 N–H and O–H groups in total. The highest BCUT2D eigenvalue weighted by Gasteiger charge is 2.17. The van der Waals surface area contributed by atoms with Gasteiger partial charge in [-0.25, -0.2) is 0 Å². The van der Waals surface area contributed by atoms with Gasteiger partial charge in [0, 0.05) is 6.42 Å². The van der Waals surface area contributed by atoms with E-state index in [1.165, 1.54) is 19.3 Å². The van der Waals surface area contributed by atoms with Crippen LogP contribution in [0.4, 0.5) is 0 Å². The molecule has 51 heavy (non-hydrogen) atoms. The molecule has 0 aromatic carbocycles. The lowest BCUT2D eigenvalue weighted by Crippen LogP contribution is -2.45. The summed E-state index contributed by atoms with van der Waals surface area (Å²) >= 11 is 0. The van der Waals surface area contributed by atoms with Crippen molar-refractivity contribution < 1.29 is 15.0 Å². The van der Waals surface area contributed by atoms with Crippen LogP contribution in [0.5, 0.6) is 0 Å². The van der Waals surface area contributed by atoms with Gasteiger partial charge in [0.15, 0.2) is 0 Å². The predicted molar refractivity (Wildman–Crippen MR) is 225 cm³/mol. The molecule has 0 heterocycles. The van der Waals surface area contributed by atoms with Crippen LogP contribution in [0.1, 0.15) is 136 Å². The first-order valence-electron chi connectivity index (χ1n) is 19.9. The molecule has 1 amide bonds. The number of hydrogen-bond acceptors (Lipinski definition) is 3. The van der Waals surface area contributed by atoms with Gasteiger partial charge in [0.25, 0.3) is 0 Å². The van der Waals surface area contributed by atoms with E-state index in [1.54, 1.807) is 6.08 Å². The minimum atomic E-state index is -0.897. The summed E-state index contributed by atoms with van der Waals surface area (Å²) in [5.74, 6) is -0.130. The predicted octanol–water partition coefficient (Wildman–Crippen LogP) is 12.4. The fourth-order valence-corrected chi connectivity index (χ4v) is 4.80. The van der Waals surface area contributed by atoms with Crippen molar-refractivity contribution in [2.24, 2.45) is 0 Å². The lowest BCUT2D eigenvalue weighted by Gasteiger charge is -2.19. The van der Waals surface area contributed by atoms with E-state index in [0.29, 0.717) is 6.42 Å². The third kappa shape index (κ3) is 37.6. The zero-order chi connectivity index (χ0) is 37.1. The summed E-state index contributed by atoms with van der Waals surface area (Å²) in [5.41, 5.74) is 0. The van der Waals surface area contributed by atoms with Crippen LogP contribution < -0.4 is 5.32 Å². The molecule has 0 radical (unpaired) electrons. The molecule has 2 unspecified atom stereocenters. The molecule has 0 aliphatic carbocycles. The first-order chi connectivity index (χ1) is 25.2. The Morgan fingerprint density at radius 1 is 0.490 bits per heavy atom. The fourth-order valence-electron chi connectivity index (χ4n) is 4.80. The number of carbonyl (C=O) groups excluding carboxylic acids is 1. The van der Waals surface area contributed by atoms with Crippen LogP contribution in [-0.2, 0) is 4.79 Å². The Bertz CT molecular complexity index is 1110. The first kappa shape index (κ1) is 47.5. The lowest BCUT2D eigenvalue weighted by molar-refractivity contribution is -0.123. The lowest BCUT2D eigenvalue weighted by atomic mass is 10.1. The van der Waals surface area contributed by atoms with Crippen molar-refractivity contribution in [2.75, 3.05) is 6.61 Å². The van der Waals surface area contributed by atoms with Gasteiger partial charge in [-0.3, -0.25) is 4.79 Å². The number of rotatable bonds is 33. The van der Waals surface area contributed by atoms with Crippen LogP contribution in [0.3, 0.4) is 0 Å². The second-order valence-corrected chi connectivity index (χ2v) is 12.6. The van der Waals surface area contributed by atoms with Crippen molar-refractivity contribution in [2.45, 2.75) is 148 Å². The quantitative estimate of drug-likeness (QED) is 0.0472. The van der Waals surface area contributed by atoms with Crippen molar-refractivity contribution in [3.05, 3.63) is 134 Å². The molecule has 4 heteroatoms. The molecule has 2 atom stereocenters. The SMILES string of the molecule is CC/C=C\C/C=C\C/C=C\C/C=C\C/C=C\C/C=C\C/C=C\C/C=C\CCCCC(=O)NC(CO)C(O)/C=C/CC/C=C/CC/C=C/CCCC. The summed E-state index contributed by atoms with van der Waals surface area (Å²) < 4.78 is 0. The Labute approximate surface area is 313 Å². The number of allylic oxidation sites excluding steroid dienone is 21. The van der Waals surface area contributed by atoms with Crippen LogP contribution in [0.15, 0.2) is 134 Å². The summed E-state index contributed by atoms with van der Waals surface area (Å²) in [6.45, 7) is 4.08. The fraction of sp³-hybridized carbons (Fsp3) is 0.511. The van der Waals surface area contributed by atoms with Gasteiger partial charge in [-0.2, -0.15) is 0 Å². The maximum atomic E-state index is 12.3. The van der Waals surface area contributed by atoms with Crippen LogP contribution in [0.25, 0.3) is 0 Å². The Morgan fingerprint density at radius 3 is 1.29 bits per heavy atom. The largest absolute Gasteiger partial charge is 0.394 e. The maximum Gasteiger partial charge on any atom is 0.220 e. The zero-order valence-electron chi connectivity index (χ0n) is 32.3. The monoisotopic (exact) mass is 700 g/mol. The van der Waals surface area contributed by atoms with Gasteiger partial charge in [0.2, 0.25) is 5.91 Å². The highest BCUT2D eigenvalue weighted by Crippen LogP contribution is 2.06. The number of aliphatic hydroxyl groups excluding tert-OH is 2. The first-order valence-corrected chi connectivity index (χ1v) is 19.9. The molecule has 0 aliphatic rings. The molecule has 4 nitrogen and oxygen atoms in total. The second-order valence-electron chi connectivity index (χ2n) is 12.6. The van der Waals surface area contributed by atoms with E-state index in [9.17, 15) is 15.0 Å². The highest BCUT2D eigenvalue weighted by molar-refractivity contribution is 5.76. The van der Waals surface area contributed by atoms with Crippen molar-refractivity contribution >= 4 is 5.91 Å². The molecule has 284 valence electrons. The van der Waals surface area contributed by atoms with Gasteiger partial charge in [-0.1, -0.05) is 160 Å². The molecule has 0 aromatic heterocycles. The average Bonchev–Trinajstić information content (AvgIpc) is 3.13. The van der Waals surface area contributed by atoms with E-state index in [1.807, 2.05) is 6.08 Å². The standard InChI is InChI=1S/C47H73NO3/c1-3-5-7-9-11-13-15-17-18-19-20-21-22-23-24-25-26-27-28-29-30-31-33-35-37-39-41-43-47(51)48-45(44-49)46(50)42-40-38-36-34-32-16-14-12-10-8-6-4-2/h5,7,10-13,17-18,20-21,23-24,26-27,29-30,32-35,40,42,45-46,49-50H,3-4,6,8-9,14-16,19,22,25,28,31,36-39,41,43-44H2,1-2H3,(H,48,51)/b7-5-,12-10+,13-11-,18-17-,21-20-,24-23-,27-26-,30-29-,34-32+,35-33-,42-40+. The molecule has 0 rings (SSSR count). The van der Waals surface area contributed by atoms with E-state index >= 15 is 0 Å². The summed E-state index contributed by atoms with van der Waals surface area (Å²) in [7, 11) is 0. The van der Waals surface area contributed by atoms with Crippen molar-refractivity contribution in [3.63, 3.8) is 0 Å². The van der Waals surface area contributed by atoms with Crippen molar-refractivity contribution in [1.29, 1.82) is 0 Å². The summed E-state index contributed by atoms with van der Waals surface area (Å²) in [4.78, 5) is 12.3. The Hall–Kier alpha value is -3.47. The van der Waals surface area contributed by atoms with Gasteiger partial charge >= 0.3 is 0 Å². The van der Waals surface area contributed by atoms with Crippen molar-refractivity contribution in [1.82, 2.24) is 5.32 Å². The highest BCUT2D eigenvalue weighted by atomic mass is 16.3. The minimum absolute atomic E-state index is 0.130. The summed E-state index contributed by atoms with van der Waals surface area (Å²) in [5, 5.41) is 22.8. The van der Waals surface area contributed by atoms with E-state index in [2.05, 4.69) is 141 Å². The van der Waals surface area contributed by atoms with Gasteiger partial charge in [0.05, 0.1) is 18.8 Å². The van der Waals surface area contributed by atoms with E-state index in [0.717, 1.165) is 96.3 Å². The van der Waals surface area contributed by atoms with E-state index < -0.39 is 12.1 Å². The maximum absolute atomic E-state index is 12.3. The Balaban J connectivity index is 3.84. The number of hydrogen-bond donors (Lipinski definition) is 3. The van der Waals surface area contributed by atoms with E-state index in [4.69, 9.17) is 0 Å². The number of amides is 1. The summed E-state index contributed by atoms with van der Waals surface area (Å²) in [6, 6.07) is -0.677. The van der Waals surface area contributed by atoms with Crippen LogP contribution >= 0.6 is 0 Å². The molecule has 0 aliphatic heterocycles. The molecule has 0 saturated heterocycles. The zero-order valence-corrected chi connectivity index (χ0v) is 32.3. The minimum Gasteiger partial charge on any atom is -0.394 e. The topological polar surface area (TPSA) is 69.6 Å². The number of carbonyl (C=O) groups is 1. The van der Waals surface area contributed by atoms with Crippen LogP contribution in [-0.4, -0.2) is 34.9 Å². The number of aliphatic hydroxyl groups is 2. The smallest absolute Gasteiger partial charge is 0.220 e. The Kier molecular flexibility index (Phi) is 38.2. The third-order valence-corrected chi connectivity index (χ3v) is 7.85.